The van der Waals surface area contributed by atoms with Crippen LogP contribution in [0.1, 0.15) is 5.76 Å². The van der Waals surface area contributed by atoms with E-state index in [4.69, 9.17) is 4.42 Å². The summed E-state index contributed by atoms with van der Waals surface area (Å²) in [6, 6.07) is 9.20. The van der Waals surface area contributed by atoms with Crippen molar-refractivity contribution in [1.29, 1.82) is 0 Å². The van der Waals surface area contributed by atoms with Gasteiger partial charge in [-0.2, -0.15) is 4.31 Å². The lowest BCUT2D eigenvalue weighted by Gasteiger charge is -2.33. The van der Waals surface area contributed by atoms with E-state index in [1.165, 1.54) is 28.6 Å². The number of hydrogen-bond acceptors (Lipinski definition) is 4. The number of nitrogens with zero attached hydrogens (tertiary/aromatic N) is 2. The molecule has 1 saturated heterocycles. The summed E-state index contributed by atoms with van der Waals surface area (Å²) in [7, 11) is -3.77. The van der Waals surface area contributed by atoms with Crippen LogP contribution in [0.5, 0.6) is 0 Å². The van der Waals surface area contributed by atoms with Crippen molar-refractivity contribution in [3.63, 3.8) is 0 Å². The highest BCUT2D eigenvalue weighted by atomic mass is 35.5. The van der Waals surface area contributed by atoms with Gasteiger partial charge in [0.05, 0.1) is 12.8 Å². The molecule has 0 amide bonds. The molecule has 5 nitrogen and oxygen atoms in total. The van der Waals surface area contributed by atoms with Gasteiger partial charge in [-0.3, -0.25) is 4.90 Å². The van der Waals surface area contributed by atoms with Crippen LogP contribution in [0.4, 0.5) is 4.39 Å². The molecule has 0 saturated carbocycles. The standard InChI is InChI=1S/C15H17FN2O3S.ClH/c16-14-5-1-2-6-15(14)22(19,20)18-9-7-17(8-10-18)12-13-4-3-11-21-13;/h1-6,11H,7-10,12H2;1H. The molecule has 0 atom stereocenters. The molecule has 1 fully saturated rings. The zero-order valence-electron chi connectivity index (χ0n) is 12.4. The fourth-order valence-corrected chi connectivity index (χ4v) is 4.03. The molecule has 1 aliphatic rings. The van der Waals surface area contributed by atoms with Crippen molar-refractivity contribution in [3.8, 4) is 0 Å². The maximum Gasteiger partial charge on any atom is 0.246 e. The van der Waals surface area contributed by atoms with E-state index in [0.717, 1.165) is 5.76 Å². The van der Waals surface area contributed by atoms with Crippen LogP contribution in [-0.2, 0) is 16.6 Å². The van der Waals surface area contributed by atoms with E-state index in [9.17, 15) is 12.8 Å². The largest absolute Gasteiger partial charge is 0.468 e. The van der Waals surface area contributed by atoms with E-state index in [1.54, 1.807) is 6.26 Å². The quantitative estimate of drug-likeness (QED) is 0.839. The predicted octanol–water partition coefficient (Wildman–Crippen LogP) is 2.35. The number of sulfonamides is 1. The van der Waals surface area contributed by atoms with Gasteiger partial charge in [0.25, 0.3) is 0 Å². The Morgan fingerprint density at radius 1 is 1.04 bits per heavy atom. The Morgan fingerprint density at radius 3 is 2.35 bits per heavy atom. The number of benzene rings is 1. The van der Waals surface area contributed by atoms with E-state index >= 15 is 0 Å². The van der Waals surface area contributed by atoms with Crippen molar-refractivity contribution >= 4 is 22.4 Å². The fraction of sp³-hybridized carbons (Fsp3) is 0.333. The molecule has 0 aliphatic carbocycles. The summed E-state index contributed by atoms with van der Waals surface area (Å²) in [5.41, 5.74) is 0. The zero-order valence-corrected chi connectivity index (χ0v) is 14.0. The third kappa shape index (κ3) is 3.92. The second kappa shape index (κ2) is 7.44. The predicted molar refractivity (Wildman–Crippen MR) is 86.4 cm³/mol. The van der Waals surface area contributed by atoms with Crippen LogP contribution in [0.15, 0.2) is 52.0 Å². The van der Waals surface area contributed by atoms with Gasteiger partial charge < -0.3 is 4.42 Å². The van der Waals surface area contributed by atoms with Gasteiger partial charge in [0, 0.05) is 26.2 Å². The first-order valence-corrected chi connectivity index (χ1v) is 8.51. The third-order valence-corrected chi connectivity index (χ3v) is 5.68. The normalized spacial score (nSPS) is 16.9. The molecule has 1 aromatic heterocycles. The smallest absolute Gasteiger partial charge is 0.246 e. The van der Waals surface area contributed by atoms with Gasteiger partial charge in [0.15, 0.2) is 0 Å². The van der Waals surface area contributed by atoms with E-state index in [-0.39, 0.29) is 17.3 Å². The second-order valence-electron chi connectivity index (χ2n) is 5.19. The van der Waals surface area contributed by atoms with Crippen LogP contribution >= 0.6 is 12.4 Å². The molecule has 3 rings (SSSR count). The highest BCUT2D eigenvalue weighted by molar-refractivity contribution is 7.89. The lowest BCUT2D eigenvalue weighted by atomic mass is 10.3. The summed E-state index contributed by atoms with van der Waals surface area (Å²) in [5.74, 6) is 0.144. The van der Waals surface area contributed by atoms with Crippen LogP contribution in [0.2, 0.25) is 0 Å². The second-order valence-corrected chi connectivity index (χ2v) is 7.10. The molecule has 2 aromatic rings. The Labute approximate surface area is 141 Å². The van der Waals surface area contributed by atoms with E-state index < -0.39 is 15.8 Å². The van der Waals surface area contributed by atoms with Gasteiger partial charge in [-0.1, -0.05) is 12.1 Å². The third-order valence-electron chi connectivity index (χ3n) is 3.75. The molecule has 1 aromatic carbocycles. The van der Waals surface area contributed by atoms with Gasteiger partial charge in [-0.25, -0.2) is 12.8 Å². The lowest BCUT2D eigenvalue weighted by molar-refractivity contribution is 0.171. The number of halogens is 2. The number of hydrogen-bond donors (Lipinski definition) is 0. The maximum absolute atomic E-state index is 13.7. The maximum atomic E-state index is 13.7. The average molecular weight is 361 g/mol. The van der Waals surface area contributed by atoms with Crippen molar-refractivity contribution in [2.24, 2.45) is 0 Å². The summed E-state index contributed by atoms with van der Waals surface area (Å²) in [6.07, 6.45) is 1.62. The first kappa shape index (κ1) is 17.9. The number of furan rings is 1. The van der Waals surface area contributed by atoms with Crippen LogP contribution in [-0.4, -0.2) is 43.8 Å². The van der Waals surface area contributed by atoms with Crippen molar-refractivity contribution in [1.82, 2.24) is 9.21 Å². The Bertz CT molecular complexity index is 729. The highest BCUT2D eigenvalue weighted by Crippen LogP contribution is 2.20. The lowest BCUT2D eigenvalue weighted by Crippen LogP contribution is -2.48. The molecule has 8 heteroatoms. The van der Waals surface area contributed by atoms with Gasteiger partial charge in [0.2, 0.25) is 10.0 Å². The van der Waals surface area contributed by atoms with Gasteiger partial charge in [-0.05, 0) is 24.3 Å². The van der Waals surface area contributed by atoms with E-state index in [1.807, 2.05) is 12.1 Å². The molecule has 126 valence electrons. The van der Waals surface area contributed by atoms with E-state index in [0.29, 0.717) is 32.7 Å². The van der Waals surface area contributed by atoms with Crippen LogP contribution in [0.25, 0.3) is 0 Å². The minimum Gasteiger partial charge on any atom is -0.468 e. The monoisotopic (exact) mass is 360 g/mol. The Morgan fingerprint density at radius 2 is 1.74 bits per heavy atom. The first-order valence-electron chi connectivity index (χ1n) is 7.07. The molecule has 0 bridgehead atoms. The summed E-state index contributed by atoms with van der Waals surface area (Å²) in [5, 5.41) is 0. The Hall–Kier alpha value is -1.41. The van der Waals surface area contributed by atoms with Crippen molar-refractivity contribution < 1.29 is 17.2 Å². The number of rotatable bonds is 4. The topological polar surface area (TPSA) is 53.8 Å². The summed E-state index contributed by atoms with van der Waals surface area (Å²) in [4.78, 5) is 1.86. The molecule has 1 aliphatic heterocycles. The first-order chi connectivity index (χ1) is 10.6. The molecule has 0 spiro atoms. The van der Waals surface area contributed by atoms with Gasteiger partial charge in [0.1, 0.15) is 16.5 Å². The summed E-state index contributed by atoms with van der Waals surface area (Å²) in [6.45, 7) is 2.53. The molecular weight excluding hydrogens is 343 g/mol. The van der Waals surface area contributed by atoms with Crippen LogP contribution < -0.4 is 0 Å². The summed E-state index contributed by atoms with van der Waals surface area (Å²) >= 11 is 0. The van der Waals surface area contributed by atoms with Crippen molar-refractivity contribution in [2.75, 3.05) is 26.2 Å². The Kier molecular flexibility index (Phi) is 5.80. The van der Waals surface area contributed by atoms with Crippen molar-refractivity contribution in [3.05, 3.63) is 54.2 Å². The molecule has 0 radical (unpaired) electrons. The van der Waals surface area contributed by atoms with Crippen LogP contribution in [0.3, 0.4) is 0 Å². The molecule has 0 N–H and O–H groups in total. The van der Waals surface area contributed by atoms with E-state index in [2.05, 4.69) is 4.90 Å². The fourth-order valence-electron chi connectivity index (χ4n) is 2.54. The number of piperazine rings is 1. The molecule has 2 heterocycles. The van der Waals surface area contributed by atoms with Crippen LogP contribution in [0, 0.1) is 5.82 Å². The van der Waals surface area contributed by atoms with Gasteiger partial charge >= 0.3 is 0 Å². The Balaban J connectivity index is 0.00000192. The minimum absolute atomic E-state index is 0. The summed E-state index contributed by atoms with van der Waals surface area (Å²) < 4.78 is 45.3. The highest BCUT2D eigenvalue weighted by Gasteiger charge is 2.30. The molecule has 0 unspecified atom stereocenters. The SMILES string of the molecule is Cl.O=S(=O)(c1ccccc1F)N1CCN(Cc2ccco2)CC1. The minimum atomic E-state index is -3.77. The van der Waals surface area contributed by atoms with Gasteiger partial charge in [-0.15, -0.1) is 12.4 Å². The molecular formula is C15H18ClFN2O3S. The zero-order chi connectivity index (χ0) is 15.6. The molecule has 23 heavy (non-hydrogen) atoms. The van der Waals surface area contributed by atoms with Crippen molar-refractivity contribution in [2.45, 2.75) is 11.4 Å². The average Bonchev–Trinajstić information content (AvgIpc) is 3.01.